The molecule has 3 aliphatic rings. The maximum Gasteiger partial charge on any atom is 0.413 e. The zero-order chi connectivity index (χ0) is 15.6. The Morgan fingerprint density at radius 2 is 2.14 bits per heavy atom. The third-order valence-corrected chi connectivity index (χ3v) is 4.87. The predicted octanol–water partition coefficient (Wildman–Crippen LogP) is 1.22. The summed E-state index contributed by atoms with van der Waals surface area (Å²) in [5.74, 6) is -0.501. The Hall–Kier alpha value is -2.57. The van der Waals surface area contributed by atoms with Crippen molar-refractivity contribution in [1.29, 1.82) is 0 Å². The molecule has 22 heavy (non-hydrogen) atoms. The predicted molar refractivity (Wildman–Crippen MR) is 73.4 cm³/mol. The number of carbonyl (C=O) groups is 3. The van der Waals surface area contributed by atoms with Crippen molar-refractivity contribution >= 4 is 17.8 Å². The SMILES string of the molecule is COC(=O)c1cc2c([nH]1)C(=O)C=C1N(C(=O)OC)C[C@H]3C[C@]123. The molecule has 7 heteroatoms. The number of allylic oxidation sites excluding steroid dienone is 2. The van der Waals surface area contributed by atoms with Gasteiger partial charge in [-0.05, 0) is 24.0 Å². The second-order valence-corrected chi connectivity index (χ2v) is 5.81. The average molecular weight is 302 g/mol. The number of nitrogens with one attached hydrogen (secondary N) is 1. The molecular weight excluding hydrogens is 288 g/mol. The second kappa shape index (κ2) is 4.00. The van der Waals surface area contributed by atoms with Crippen molar-refractivity contribution in [3.8, 4) is 0 Å². The van der Waals surface area contributed by atoms with Gasteiger partial charge < -0.3 is 14.5 Å². The monoisotopic (exact) mass is 302 g/mol. The Bertz CT molecular complexity index is 762. The lowest BCUT2D eigenvalue weighted by atomic mass is 9.85. The summed E-state index contributed by atoms with van der Waals surface area (Å²) in [4.78, 5) is 40.3. The van der Waals surface area contributed by atoms with Crippen LogP contribution in [0, 0.1) is 5.92 Å². The van der Waals surface area contributed by atoms with E-state index in [1.165, 1.54) is 25.2 Å². The van der Waals surface area contributed by atoms with Gasteiger partial charge in [0.2, 0.25) is 5.78 Å². The Morgan fingerprint density at radius 3 is 2.82 bits per heavy atom. The summed E-state index contributed by atoms with van der Waals surface area (Å²) in [5.41, 5.74) is 1.79. The highest BCUT2D eigenvalue weighted by molar-refractivity contribution is 6.09. The molecule has 0 bridgehead atoms. The van der Waals surface area contributed by atoms with E-state index in [2.05, 4.69) is 4.98 Å². The standard InChI is InChI=1S/C15H14N2O5/c1-21-13(19)9-3-8-12(16-9)10(18)4-11-15(8)5-7(15)6-17(11)14(20)22-2/h3-4,7,16H,5-6H2,1-2H3/t7-,15-/m1/s1. The van der Waals surface area contributed by atoms with Crippen LogP contribution in [0.15, 0.2) is 17.8 Å². The molecule has 2 fully saturated rings. The van der Waals surface area contributed by atoms with E-state index in [1.54, 1.807) is 6.07 Å². The van der Waals surface area contributed by atoms with Crippen LogP contribution < -0.4 is 0 Å². The molecule has 2 heterocycles. The van der Waals surface area contributed by atoms with Crippen LogP contribution in [-0.2, 0) is 14.9 Å². The van der Waals surface area contributed by atoms with Crippen LogP contribution in [0.5, 0.6) is 0 Å². The number of methoxy groups -OCH3 is 2. The molecule has 0 aromatic carbocycles. The zero-order valence-electron chi connectivity index (χ0n) is 12.1. The van der Waals surface area contributed by atoms with Crippen molar-refractivity contribution in [2.45, 2.75) is 11.8 Å². The maximum absolute atomic E-state index is 12.3. The summed E-state index contributed by atoms with van der Waals surface area (Å²) in [7, 11) is 2.61. The lowest BCUT2D eigenvalue weighted by Crippen LogP contribution is -2.33. The van der Waals surface area contributed by atoms with Gasteiger partial charge in [0.15, 0.2) is 0 Å². The maximum atomic E-state index is 12.3. The lowest BCUT2D eigenvalue weighted by Gasteiger charge is -2.26. The van der Waals surface area contributed by atoms with Gasteiger partial charge in [-0.2, -0.15) is 0 Å². The minimum absolute atomic E-state index is 0.243. The molecule has 1 spiro atoms. The van der Waals surface area contributed by atoms with Gasteiger partial charge in [-0.25, -0.2) is 9.59 Å². The number of piperidine rings is 1. The minimum Gasteiger partial charge on any atom is -0.464 e. The summed E-state index contributed by atoms with van der Waals surface area (Å²) in [6.07, 6.45) is 1.88. The number of carbonyl (C=O) groups excluding carboxylic acids is 3. The second-order valence-electron chi connectivity index (χ2n) is 5.81. The van der Waals surface area contributed by atoms with Crippen LogP contribution in [-0.4, -0.2) is 48.5 Å². The van der Waals surface area contributed by atoms with Gasteiger partial charge >= 0.3 is 12.1 Å². The van der Waals surface area contributed by atoms with E-state index in [4.69, 9.17) is 9.47 Å². The first kappa shape index (κ1) is 13.1. The third kappa shape index (κ3) is 1.38. The molecule has 1 saturated heterocycles. The summed E-state index contributed by atoms with van der Waals surface area (Å²) in [6, 6.07) is 1.67. The molecule has 7 nitrogen and oxygen atoms in total. The first-order valence-electron chi connectivity index (χ1n) is 6.96. The van der Waals surface area contributed by atoms with Gasteiger partial charge in [0.25, 0.3) is 0 Å². The molecule has 114 valence electrons. The molecule has 2 atom stereocenters. The molecule has 1 saturated carbocycles. The number of aromatic amines is 1. The highest BCUT2D eigenvalue weighted by Crippen LogP contribution is 2.66. The van der Waals surface area contributed by atoms with Gasteiger partial charge in [-0.15, -0.1) is 0 Å². The molecule has 4 rings (SSSR count). The molecule has 2 aliphatic carbocycles. The zero-order valence-corrected chi connectivity index (χ0v) is 12.1. The fourth-order valence-electron chi connectivity index (χ4n) is 3.80. The molecule has 0 unspecified atom stereocenters. The van der Waals surface area contributed by atoms with Crippen LogP contribution in [0.4, 0.5) is 4.79 Å². The topological polar surface area (TPSA) is 88.7 Å². The normalized spacial score (nSPS) is 27.5. The van der Waals surface area contributed by atoms with Crippen LogP contribution in [0.1, 0.15) is 33.0 Å². The number of aromatic nitrogens is 1. The molecular formula is C15H14N2O5. The van der Waals surface area contributed by atoms with Gasteiger partial charge in [-0.3, -0.25) is 9.69 Å². The number of nitrogens with zero attached hydrogens (tertiary/aromatic N) is 1. The Balaban J connectivity index is 1.82. The number of fused-ring (bicyclic) bond motifs is 1. The van der Waals surface area contributed by atoms with Crippen molar-refractivity contribution in [2.24, 2.45) is 5.92 Å². The number of ketones is 1. The molecule has 1 aromatic heterocycles. The van der Waals surface area contributed by atoms with Crippen molar-refractivity contribution in [2.75, 3.05) is 20.8 Å². The van der Waals surface area contributed by atoms with Crippen molar-refractivity contribution in [3.63, 3.8) is 0 Å². The summed E-state index contributed by atoms with van der Waals surface area (Å²) < 4.78 is 9.49. The van der Waals surface area contributed by atoms with Crippen LogP contribution >= 0.6 is 0 Å². The van der Waals surface area contributed by atoms with E-state index < -0.39 is 12.1 Å². The highest BCUT2D eigenvalue weighted by atomic mass is 16.5. The van der Waals surface area contributed by atoms with Crippen LogP contribution in [0.3, 0.4) is 0 Å². The molecule has 1 amide bonds. The van der Waals surface area contributed by atoms with E-state index in [9.17, 15) is 14.4 Å². The minimum atomic E-state index is -0.514. The smallest absolute Gasteiger partial charge is 0.413 e. The Kier molecular flexibility index (Phi) is 2.38. The summed E-state index contributed by atoms with van der Waals surface area (Å²) in [6.45, 7) is 0.532. The van der Waals surface area contributed by atoms with Gasteiger partial charge in [0.05, 0.1) is 19.9 Å². The molecule has 1 N–H and O–H groups in total. The van der Waals surface area contributed by atoms with E-state index in [-0.39, 0.29) is 22.8 Å². The number of hydrogen-bond acceptors (Lipinski definition) is 5. The summed E-state index contributed by atoms with van der Waals surface area (Å²) in [5, 5.41) is 0. The van der Waals surface area contributed by atoms with E-state index in [0.29, 0.717) is 17.9 Å². The summed E-state index contributed by atoms with van der Waals surface area (Å²) >= 11 is 0. The molecule has 1 aromatic rings. The van der Waals surface area contributed by atoms with Gasteiger partial charge in [0, 0.05) is 23.7 Å². The first-order chi connectivity index (χ1) is 10.5. The number of ether oxygens (including phenoxy) is 2. The number of rotatable bonds is 1. The Morgan fingerprint density at radius 1 is 1.36 bits per heavy atom. The fourth-order valence-corrected chi connectivity index (χ4v) is 3.80. The van der Waals surface area contributed by atoms with Crippen molar-refractivity contribution < 1.29 is 23.9 Å². The highest BCUT2D eigenvalue weighted by Gasteiger charge is 2.68. The number of hydrogen-bond donors (Lipinski definition) is 1. The van der Waals surface area contributed by atoms with Gasteiger partial charge in [0.1, 0.15) is 5.69 Å². The van der Waals surface area contributed by atoms with Crippen LogP contribution in [0.25, 0.3) is 0 Å². The Labute approximate surface area is 125 Å². The number of likely N-dealkylation sites (tertiary alicyclic amines) is 1. The number of amides is 1. The third-order valence-electron chi connectivity index (χ3n) is 4.87. The molecule has 1 aliphatic heterocycles. The molecule has 0 radical (unpaired) electrons. The lowest BCUT2D eigenvalue weighted by molar-refractivity contribution is 0.0594. The van der Waals surface area contributed by atoms with Gasteiger partial charge in [-0.1, -0.05) is 0 Å². The fraction of sp³-hybridized carbons (Fsp3) is 0.400. The quantitative estimate of drug-likeness (QED) is 0.788. The average Bonchev–Trinajstić information content (AvgIpc) is 2.91. The van der Waals surface area contributed by atoms with E-state index in [0.717, 1.165) is 12.0 Å². The van der Waals surface area contributed by atoms with Crippen molar-refractivity contribution in [3.05, 3.63) is 34.8 Å². The van der Waals surface area contributed by atoms with E-state index >= 15 is 0 Å². The van der Waals surface area contributed by atoms with Crippen LogP contribution in [0.2, 0.25) is 0 Å². The number of esters is 1. The first-order valence-corrected chi connectivity index (χ1v) is 6.96. The van der Waals surface area contributed by atoms with Crippen molar-refractivity contribution in [1.82, 2.24) is 9.88 Å². The largest absolute Gasteiger partial charge is 0.464 e. The number of H-pyrrole nitrogens is 1. The van der Waals surface area contributed by atoms with E-state index in [1.807, 2.05) is 0 Å².